The molecule has 4 rings (SSSR count). The third-order valence-electron chi connectivity index (χ3n) is 5.52. The van der Waals surface area contributed by atoms with Crippen molar-refractivity contribution in [2.45, 2.75) is 19.3 Å². The van der Waals surface area contributed by atoms with Crippen LogP contribution in [-0.2, 0) is 6.42 Å². The lowest BCUT2D eigenvalue weighted by Gasteiger charge is -2.12. The quantitative estimate of drug-likeness (QED) is 0.281. The van der Waals surface area contributed by atoms with Crippen molar-refractivity contribution < 1.29 is 8.78 Å². The second-order valence-electron chi connectivity index (χ2n) is 7.83. The van der Waals surface area contributed by atoms with Crippen molar-refractivity contribution in [1.29, 1.82) is 0 Å². The molecule has 0 radical (unpaired) electrons. The van der Waals surface area contributed by atoms with E-state index in [0.29, 0.717) is 11.5 Å². The minimum absolute atomic E-state index is 0.300. The van der Waals surface area contributed by atoms with Crippen LogP contribution < -0.4 is 0 Å². The zero-order valence-corrected chi connectivity index (χ0v) is 17.4. The van der Waals surface area contributed by atoms with Gasteiger partial charge in [-0.2, -0.15) is 0 Å². The topological polar surface area (TPSA) is 0 Å². The maximum absolute atomic E-state index is 14.6. The van der Waals surface area contributed by atoms with Crippen molar-refractivity contribution in [3.05, 3.63) is 131 Å². The van der Waals surface area contributed by atoms with Gasteiger partial charge in [-0.3, -0.25) is 0 Å². The van der Waals surface area contributed by atoms with E-state index in [2.05, 4.69) is 55.5 Å². The monoisotopic (exact) mass is 410 g/mol. The summed E-state index contributed by atoms with van der Waals surface area (Å²) >= 11 is 0. The second kappa shape index (κ2) is 9.53. The van der Waals surface area contributed by atoms with Gasteiger partial charge in [-0.05, 0) is 58.4 Å². The molecule has 0 saturated heterocycles. The Morgan fingerprint density at radius 2 is 1.39 bits per heavy atom. The predicted octanol–water partition coefficient (Wildman–Crippen LogP) is 8.15. The van der Waals surface area contributed by atoms with Crippen LogP contribution in [0.25, 0.3) is 23.3 Å². The van der Waals surface area contributed by atoms with Crippen LogP contribution in [0, 0.1) is 11.6 Å². The Morgan fingerprint density at radius 1 is 0.710 bits per heavy atom. The van der Waals surface area contributed by atoms with Crippen molar-refractivity contribution >= 4 is 12.2 Å². The van der Waals surface area contributed by atoms with Gasteiger partial charge in [0.1, 0.15) is 11.6 Å². The molecule has 0 N–H and O–H groups in total. The van der Waals surface area contributed by atoms with Crippen LogP contribution in [0.4, 0.5) is 8.78 Å². The van der Waals surface area contributed by atoms with Gasteiger partial charge in [0, 0.05) is 5.56 Å². The fraction of sp³-hybridized carbons (Fsp3) is 0.103. The molecule has 0 aliphatic rings. The summed E-state index contributed by atoms with van der Waals surface area (Å²) in [6, 6.07) is 30.1. The lowest BCUT2D eigenvalue weighted by molar-refractivity contribution is 0.625. The van der Waals surface area contributed by atoms with Gasteiger partial charge in [-0.25, -0.2) is 8.78 Å². The number of benzene rings is 4. The molecule has 0 aliphatic heterocycles. The van der Waals surface area contributed by atoms with E-state index in [1.54, 1.807) is 24.3 Å². The highest BCUT2D eigenvalue weighted by atomic mass is 19.1. The Bertz CT molecular complexity index is 1160. The van der Waals surface area contributed by atoms with E-state index in [-0.39, 0.29) is 11.6 Å². The van der Waals surface area contributed by atoms with E-state index in [1.807, 2.05) is 18.2 Å². The highest BCUT2D eigenvalue weighted by Crippen LogP contribution is 2.24. The Balaban J connectivity index is 1.43. The Morgan fingerprint density at radius 3 is 2.06 bits per heavy atom. The van der Waals surface area contributed by atoms with E-state index in [1.165, 1.54) is 29.3 Å². The first-order valence-electron chi connectivity index (χ1n) is 10.5. The van der Waals surface area contributed by atoms with Crippen LogP contribution in [-0.4, -0.2) is 0 Å². The first-order chi connectivity index (χ1) is 15.1. The van der Waals surface area contributed by atoms with Gasteiger partial charge in [-0.15, -0.1) is 0 Å². The minimum atomic E-state index is -0.302. The first-order valence-corrected chi connectivity index (χ1v) is 10.5. The fourth-order valence-corrected chi connectivity index (χ4v) is 3.69. The van der Waals surface area contributed by atoms with Crippen molar-refractivity contribution in [3.63, 3.8) is 0 Å². The second-order valence-corrected chi connectivity index (χ2v) is 7.83. The summed E-state index contributed by atoms with van der Waals surface area (Å²) in [5.41, 5.74) is 5.68. The van der Waals surface area contributed by atoms with Gasteiger partial charge in [0.2, 0.25) is 0 Å². The SMILES string of the molecule is C[C@H](Cc1ccc(C=Cc2ccc(-c3ccc(F)cc3)cc2F)cc1)c1ccccc1. The van der Waals surface area contributed by atoms with Crippen molar-refractivity contribution in [2.24, 2.45) is 0 Å². The molecular weight excluding hydrogens is 386 g/mol. The average molecular weight is 411 g/mol. The maximum atomic E-state index is 14.6. The van der Waals surface area contributed by atoms with Crippen LogP contribution in [0.3, 0.4) is 0 Å². The molecule has 0 heterocycles. The molecule has 0 amide bonds. The Labute approximate surface area is 182 Å². The molecule has 0 bridgehead atoms. The Hall–Kier alpha value is -3.52. The number of hydrogen-bond acceptors (Lipinski definition) is 0. The van der Waals surface area contributed by atoms with E-state index in [9.17, 15) is 8.78 Å². The smallest absolute Gasteiger partial charge is 0.131 e. The normalized spacial score (nSPS) is 12.2. The van der Waals surface area contributed by atoms with Crippen LogP contribution in [0.5, 0.6) is 0 Å². The largest absolute Gasteiger partial charge is 0.207 e. The maximum Gasteiger partial charge on any atom is 0.131 e. The van der Waals surface area contributed by atoms with Crippen molar-refractivity contribution in [3.8, 4) is 11.1 Å². The lowest BCUT2D eigenvalue weighted by atomic mass is 9.93. The highest BCUT2D eigenvalue weighted by Gasteiger charge is 2.06. The molecule has 0 spiro atoms. The molecule has 154 valence electrons. The minimum Gasteiger partial charge on any atom is -0.207 e. The van der Waals surface area contributed by atoms with Crippen LogP contribution in [0.1, 0.15) is 35.1 Å². The highest BCUT2D eigenvalue weighted by molar-refractivity contribution is 5.72. The average Bonchev–Trinajstić information content (AvgIpc) is 2.80. The fourth-order valence-electron chi connectivity index (χ4n) is 3.69. The van der Waals surface area contributed by atoms with Gasteiger partial charge in [-0.1, -0.05) is 97.9 Å². The summed E-state index contributed by atoms with van der Waals surface area (Å²) in [5, 5.41) is 0. The molecular formula is C29H24F2. The number of hydrogen-bond donors (Lipinski definition) is 0. The molecule has 0 unspecified atom stereocenters. The van der Waals surface area contributed by atoms with Gasteiger partial charge < -0.3 is 0 Å². The van der Waals surface area contributed by atoms with Gasteiger partial charge in [0.25, 0.3) is 0 Å². The summed E-state index contributed by atoms with van der Waals surface area (Å²) < 4.78 is 27.7. The van der Waals surface area contributed by atoms with Crippen LogP contribution in [0.15, 0.2) is 97.1 Å². The first kappa shape index (κ1) is 20.7. The molecule has 0 aliphatic carbocycles. The molecule has 0 saturated carbocycles. The van der Waals surface area contributed by atoms with E-state index < -0.39 is 0 Å². The van der Waals surface area contributed by atoms with Gasteiger partial charge in [0.05, 0.1) is 0 Å². The van der Waals surface area contributed by atoms with Crippen LogP contribution in [0.2, 0.25) is 0 Å². The molecule has 0 aromatic heterocycles. The van der Waals surface area contributed by atoms with E-state index in [4.69, 9.17) is 0 Å². The summed E-state index contributed by atoms with van der Waals surface area (Å²) in [7, 11) is 0. The van der Waals surface area contributed by atoms with E-state index in [0.717, 1.165) is 23.1 Å². The zero-order chi connectivity index (χ0) is 21.6. The van der Waals surface area contributed by atoms with Crippen LogP contribution >= 0.6 is 0 Å². The standard InChI is InChI=1S/C29H24F2/c1-21(24-5-3-2-4-6-24)19-23-9-7-22(8-10-23)11-12-26-13-14-27(20-29(26)31)25-15-17-28(30)18-16-25/h2-18,20-21H,19H2,1H3/t21-/m1/s1. The number of rotatable bonds is 6. The molecule has 1 atom stereocenters. The van der Waals surface area contributed by atoms with Crippen molar-refractivity contribution in [1.82, 2.24) is 0 Å². The third kappa shape index (κ3) is 5.35. The summed E-state index contributed by atoms with van der Waals surface area (Å²) in [4.78, 5) is 0. The Kier molecular flexibility index (Phi) is 6.37. The van der Waals surface area contributed by atoms with E-state index >= 15 is 0 Å². The van der Waals surface area contributed by atoms with Gasteiger partial charge in [0.15, 0.2) is 0 Å². The number of halogens is 2. The summed E-state index contributed by atoms with van der Waals surface area (Å²) in [6.07, 6.45) is 4.68. The zero-order valence-electron chi connectivity index (χ0n) is 17.4. The molecule has 4 aromatic carbocycles. The molecule has 31 heavy (non-hydrogen) atoms. The molecule has 0 fully saturated rings. The van der Waals surface area contributed by atoms with Gasteiger partial charge >= 0.3 is 0 Å². The summed E-state index contributed by atoms with van der Waals surface area (Å²) in [5.74, 6) is -0.146. The summed E-state index contributed by atoms with van der Waals surface area (Å²) in [6.45, 7) is 2.24. The molecule has 4 aromatic rings. The predicted molar refractivity (Wildman–Crippen MR) is 126 cm³/mol. The lowest BCUT2D eigenvalue weighted by Crippen LogP contribution is -1.98. The molecule has 2 heteroatoms. The molecule has 0 nitrogen and oxygen atoms in total. The third-order valence-corrected chi connectivity index (χ3v) is 5.52. The van der Waals surface area contributed by atoms with Crippen molar-refractivity contribution in [2.75, 3.05) is 0 Å².